The van der Waals surface area contributed by atoms with E-state index < -0.39 is 6.10 Å². The number of nitrogens with one attached hydrogen (secondary N) is 1. The lowest BCUT2D eigenvalue weighted by atomic mass is 9.93. The number of carbonyl (C=O) groups excluding carboxylic acids is 2. The third-order valence-electron chi connectivity index (χ3n) is 7.01. The van der Waals surface area contributed by atoms with Gasteiger partial charge in [0, 0.05) is 65.0 Å². The highest BCUT2D eigenvalue weighted by atomic mass is 16.5. The topological polar surface area (TPSA) is 91.3 Å². The molecule has 0 aliphatic carbocycles. The first-order chi connectivity index (χ1) is 17.1. The Labute approximate surface area is 217 Å². The molecule has 1 saturated heterocycles. The van der Waals surface area contributed by atoms with Gasteiger partial charge < -0.3 is 29.7 Å². The van der Waals surface area contributed by atoms with Crippen molar-refractivity contribution in [2.75, 3.05) is 53.6 Å². The molecule has 0 aromatic heterocycles. The fourth-order valence-electron chi connectivity index (χ4n) is 4.61. The lowest BCUT2D eigenvalue weighted by molar-refractivity contribution is -0.141. The molecule has 1 unspecified atom stereocenters. The molecule has 1 heterocycles. The number of ether oxygens (including phenoxy) is 2. The minimum absolute atomic E-state index is 0.0142. The van der Waals surface area contributed by atoms with Crippen LogP contribution in [0.2, 0.25) is 0 Å². The lowest BCUT2D eigenvalue weighted by Crippen LogP contribution is -2.45. The molecular formula is C28H47N3O5. The number of aliphatic hydroxyl groups excluding tert-OH is 1. The van der Waals surface area contributed by atoms with Crippen LogP contribution < -0.4 is 10.1 Å². The van der Waals surface area contributed by atoms with Crippen molar-refractivity contribution in [3.05, 3.63) is 29.3 Å². The number of hydrogen-bond donors (Lipinski definition) is 2. The van der Waals surface area contributed by atoms with Gasteiger partial charge in [-0.05, 0) is 55.7 Å². The predicted molar refractivity (Wildman–Crippen MR) is 142 cm³/mol. The monoisotopic (exact) mass is 505 g/mol. The summed E-state index contributed by atoms with van der Waals surface area (Å²) in [7, 11) is 3.42. The normalized spacial score (nSPS) is 18.5. The van der Waals surface area contributed by atoms with Crippen molar-refractivity contribution in [1.29, 1.82) is 0 Å². The van der Waals surface area contributed by atoms with E-state index in [-0.39, 0.29) is 35.6 Å². The van der Waals surface area contributed by atoms with E-state index in [4.69, 9.17) is 9.47 Å². The maximum Gasteiger partial charge on any atom is 0.254 e. The van der Waals surface area contributed by atoms with Crippen LogP contribution in [0, 0.1) is 17.8 Å². The second kappa shape index (κ2) is 14.5. The van der Waals surface area contributed by atoms with Crippen molar-refractivity contribution >= 4 is 11.8 Å². The summed E-state index contributed by atoms with van der Waals surface area (Å²) in [6.45, 7) is 13.7. The number of methoxy groups -OCH3 is 1. The number of aliphatic hydroxyl groups is 1. The summed E-state index contributed by atoms with van der Waals surface area (Å²) in [5, 5.41) is 13.6. The summed E-state index contributed by atoms with van der Waals surface area (Å²) in [4.78, 5) is 29.8. The fourth-order valence-corrected chi connectivity index (χ4v) is 4.61. The smallest absolute Gasteiger partial charge is 0.254 e. The number of hydrogen-bond acceptors (Lipinski definition) is 6. The molecule has 2 rings (SSSR count). The average Bonchev–Trinajstić information content (AvgIpc) is 3.29. The molecule has 1 aliphatic heterocycles. The van der Waals surface area contributed by atoms with Crippen LogP contribution in [-0.2, 0) is 16.0 Å². The third kappa shape index (κ3) is 8.18. The Morgan fingerprint density at radius 1 is 1.11 bits per heavy atom. The zero-order valence-corrected chi connectivity index (χ0v) is 23.3. The Morgan fingerprint density at radius 2 is 1.78 bits per heavy atom. The van der Waals surface area contributed by atoms with Gasteiger partial charge in [-0.15, -0.1) is 0 Å². The van der Waals surface area contributed by atoms with Gasteiger partial charge in [0.2, 0.25) is 0 Å². The SMILES string of the molecule is CCc1ccc(C(=O)N(C[C@@H]2CNC[C@H]2CN(C)C(=O)C(O)C(C)C)C(C)C)cc1OCCCOC. The predicted octanol–water partition coefficient (Wildman–Crippen LogP) is 2.83. The average molecular weight is 506 g/mol. The van der Waals surface area contributed by atoms with Crippen LogP contribution in [-0.4, -0.2) is 92.4 Å². The molecule has 0 saturated carbocycles. The molecule has 0 radical (unpaired) electrons. The second-order valence-corrected chi connectivity index (χ2v) is 10.5. The molecule has 1 fully saturated rings. The highest BCUT2D eigenvalue weighted by molar-refractivity contribution is 5.95. The molecule has 8 nitrogen and oxygen atoms in total. The van der Waals surface area contributed by atoms with E-state index in [0.29, 0.717) is 31.9 Å². The maximum absolute atomic E-state index is 13.6. The first kappa shape index (κ1) is 30.1. The Balaban J connectivity index is 2.12. The van der Waals surface area contributed by atoms with E-state index in [0.717, 1.165) is 37.2 Å². The largest absolute Gasteiger partial charge is 0.493 e. The summed E-state index contributed by atoms with van der Waals surface area (Å²) in [5.41, 5.74) is 1.70. The van der Waals surface area contributed by atoms with Crippen LogP contribution in [0.4, 0.5) is 0 Å². The zero-order chi connectivity index (χ0) is 26.8. The molecule has 2 amide bonds. The molecule has 1 aromatic rings. The Bertz CT molecular complexity index is 844. The van der Waals surface area contributed by atoms with E-state index in [1.54, 1.807) is 19.1 Å². The van der Waals surface area contributed by atoms with Crippen molar-refractivity contribution in [2.45, 2.75) is 59.6 Å². The summed E-state index contributed by atoms with van der Waals surface area (Å²) in [5.74, 6) is 0.782. The molecule has 1 aliphatic rings. The van der Waals surface area contributed by atoms with Gasteiger partial charge >= 0.3 is 0 Å². The molecule has 36 heavy (non-hydrogen) atoms. The fraction of sp³-hybridized carbons (Fsp3) is 0.714. The lowest BCUT2D eigenvalue weighted by Gasteiger charge is -2.33. The van der Waals surface area contributed by atoms with E-state index in [1.165, 1.54) is 0 Å². The number of benzene rings is 1. The highest BCUT2D eigenvalue weighted by Crippen LogP contribution is 2.25. The van der Waals surface area contributed by atoms with Gasteiger partial charge in [0.25, 0.3) is 11.8 Å². The molecule has 8 heteroatoms. The van der Waals surface area contributed by atoms with Gasteiger partial charge in [-0.3, -0.25) is 9.59 Å². The van der Waals surface area contributed by atoms with E-state index >= 15 is 0 Å². The van der Waals surface area contributed by atoms with Crippen LogP contribution in [0.1, 0.15) is 57.0 Å². The first-order valence-electron chi connectivity index (χ1n) is 13.3. The molecule has 1 aromatic carbocycles. The number of aryl methyl sites for hydroxylation is 1. The Morgan fingerprint density at radius 3 is 2.36 bits per heavy atom. The maximum atomic E-state index is 13.6. The molecule has 3 atom stereocenters. The Kier molecular flexibility index (Phi) is 12.1. The third-order valence-corrected chi connectivity index (χ3v) is 7.01. The molecular weight excluding hydrogens is 458 g/mol. The van der Waals surface area contributed by atoms with Crippen LogP contribution in [0.5, 0.6) is 5.75 Å². The summed E-state index contributed by atoms with van der Waals surface area (Å²) in [6.07, 6.45) is 0.625. The van der Waals surface area contributed by atoms with Gasteiger partial charge in [0.1, 0.15) is 11.9 Å². The number of rotatable bonds is 14. The van der Waals surface area contributed by atoms with Crippen LogP contribution in [0.3, 0.4) is 0 Å². The van der Waals surface area contributed by atoms with E-state index in [2.05, 4.69) is 12.2 Å². The minimum atomic E-state index is -0.992. The number of amides is 2. The number of likely N-dealkylation sites (N-methyl/N-ethyl adjacent to an activating group) is 1. The summed E-state index contributed by atoms with van der Waals surface area (Å²) >= 11 is 0. The molecule has 0 spiro atoms. The molecule has 0 bridgehead atoms. The molecule has 204 valence electrons. The van der Waals surface area contributed by atoms with Crippen molar-refractivity contribution in [1.82, 2.24) is 15.1 Å². The van der Waals surface area contributed by atoms with Gasteiger partial charge in [-0.1, -0.05) is 26.8 Å². The summed E-state index contributed by atoms with van der Waals surface area (Å²) in [6, 6.07) is 5.77. The highest BCUT2D eigenvalue weighted by Gasteiger charge is 2.34. The summed E-state index contributed by atoms with van der Waals surface area (Å²) < 4.78 is 11.1. The standard InChI is InChI=1S/C28H47N3O5/c1-8-21-10-11-22(14-25(21)36-13-9-12-35-7)27(33)31(20(4)5)18-24-16-29-15-23(24)17-30(6)28(34)26(32)19(2)3/h10-11,14,19-20,23-24,26,29,32H,8-9,12-13,15-18H2,1-7H3/t23-,24-,26?/m0/s1. The van der Waals surface area contributed by atoms with Crippen molar-refractivity contribution in [2.24, 2.45) is 17.8 Å². The van der Waals surface area contributed by atoms with Crippen molar-refractivity contribution in [3.63, 3.8) is 0 Å². The van der Waals surface area contributed by atoms with Crippen LogP contribution in [0.15, 0.2) is 18.2 Å². The van der Waals surface area contributed by atoms with E-state index in [1.807, 2.05) is 50.8 Å². The minimum Gasteiger partial charge on any atom is -0.493 e. The number of nitrogens with zero attached hydrogens (tertiary/aromatic N) is 2. The van der Waals surface area contributed by atoms with Gasteiger partial charge in [-0.25, -0.2) is 0 Å². The zero-order valence-electron chi connectivity index (χ0n) is 23.3. The first-order valence-corrected chi connectivity index (χ1v) is 13.3. The van der Waals surface area contributed by atoms with Crippen LogP contribution in [0.25, 0.3) is 0 Å². The van der Waals surface area contributed by atoms with Crippen molar-refractivity contribution < 1.29 is 24.2 Å². The van der Waals surface area contributed by atoms with Crippen molar-refractivity contribution in [3.8, 4) is 5.75 Å². The quantitative estimate of drug-likeness (QED) is 0.378. The Hall–Kier alpha value is -2.16. The van der Waals surface area contributed by atoms with Gasteiger partial charge in [-0.2, -0.15) is 0 Å². The second-order valence-electron chi connectivity index (χ2n) is 10.5. The molecule has 2 N–H and O–H groups in total. The van der Waals surface area contributed by atoms with E-state index in [9.17, 15) is 14.7 Å². The van der Waals surface area contributed by atoms with Gasteiger partial charge in [0.15, 0.2) is 0 Å². The van der Waals surface area contributed by atoms with Crippen LogP contribution >= 0.6 is 0 Å². The number of carbonyl (C=O) groups is 2. The van der Waals surface area contributed by atoms with Gasteiger partial charge in [0.05, 0.1) is 6.61 Å².